The van der Waals surface area contributed by atoms with E-state index in [-0.39, 0.29) is 11.8 Å². The zero-order valence-electron chi connectivity index (χ0n) is 18.0. The van der Waals surface area contributed by atoms with Crippen LogP contribution in [0.5, 0.6) is 0 Å². The third kappa shape index (κ3) is 5.51. The maximum absolute atomic E-state index is 12.6. The highest BCUT2D eigenvalue weighted by Gasteiger charge is 2.27. The third-order valence-electron chi connectivity index (χ3n) is 6.11. The number of piperazine rings is 2. The minimum absolute atomic E-state index is 0.161. The van der Waals surface area contributed by atoms with Gasteiger partial charge < -0.3 is 9.80 Å². The van der Waals surface area contributed by atoms with Gasteiger partial charge in [0.15, 0.2) is 0 Å². The van der Waals surface area contributed by atoms with Crippen LogP contribution in [0.25, 0.3) is 0 Å². The van der Waals surface area contributed by atoms with Crippen molar-refractivity contribution in [3.63, 3.8) is 0 Å². The maximum atomic E-state index is 12.6. The van der Waals surface area contributed by atoms with E-state index in [0.29, 0.717) is 19.3 Å². The summed E-state index contributed by atoms with van der Waals surface area (Å²) in [5.41, 5.74) is 0. The fourth-order valence-electron chi connectivity index (χ4n) is 4.26. The molecule has 0 saturated carbocycles. The summed E-state index contributed by atoms with van der Waals surface area (Å²) in [5, 5.41) is 0. The standard InChI is InChI=1S/C23H30N6O2/c30-22(28-16-12-26(13-17-28)20-6-1-3-10-24-20)8-5-9-23(31)29-18-14-27(15-19-29)21-7-2-4-11-25-21/h1-4,6-7,10-11H,5,8-9,12-19H2/p+2. The van der Waals surface area contributed by atoms with Gasteiger partial charge in [0.05, 0.1) is 38.6 Å². The van der Waals surface area contributed by atoms with Crippen LogP contribution in [0.2, 0.25) is 0 Å². The molecule has 0 unspecified atom stereocenters. The Hall–Kier alpha value is -3.16. The Morgan fingerprint density at radius 1 is 0.645 bits per heavy atom. The number of anilines is 2. The first-order valence-corrected chi connectivity index (χ1v) is 11.2. The van der Waals surface area contributed by atoms with Crippen LogP contribution in [-0.4, -0.2) is 74.0 Å². The summed E-state index contributed by atoms with van der Waals surface area (Å²) in [4.78, 5) is 40.0. The number of amides is 2. The summed E-state index contributed by atoms with van der Waals surface area (Å²) in [7, 11) is 0. The molecule has 0 radical (unpaired) electrons. The lowest BCUT2D eigenvalue weighted by molar-refractivity contribution is -0.364. The summed E-state index contributed by atoms with van der Waals surface area (Å²) in [6.45, 7) is 6.23. The van der Waals surface area contributed by atoms with Gasteiger partial charge >= 0.3 is 0 Å². The first-order valence-electron chi connectivity index (χ1n) is 11.2. The number of nitrogens with zero attached hydrogens (tertiary/aromatic N) is 4. The van der Waals surface area contributed by atoms with Crippen LogP contribution in [0, 0.1) is 0 Å². The number of carbonyl (C=O) groups excluding carboxylic acids is 2. The van der Waals surface area contributed by atoms with Gasteiger partial charge in [0.2, 0.25) is 11.8 Å². The monoisotopic (exact) mass is 424 g/mol. The van der Waals surface area contributed by atoms with E-state index in [1.807, 2.05) is 46.5 Å². The minimum atomic E-state index is 0.161. The van der Waals surface area contributed by atoms with Gasteiger partial charge in [0.1, 0.15) is 26.2 Å². The summed E-state index contributed by atoms with van der Waals surface area (Å²) in [5.74, 6) is 2.50. The third-order valence-corrected chi connectivity index (χ3v) is 6.11. The van der Waals surface area contributed by atoms with Gasteiger partial charge in [-0.3, -0.25) is 19.4 Å². The molecule has 2 fully saturated rings. The van der Waals surface area contributed by atoms with Gasteiger partial charge in [-0.1, -0.05) is 12.1 Å². The Balaban J connectivity index is 1.14. The van der Waals surface area contributed by atoms with Crippen molar-refractivity contribution in [1.82, 2.24) is 9.80 Å². The van der Waals surface area contributed by atoms with Gasteiger partial charge in [-0.05, 0) is 18.6 Å². The topological polar surface area (TPSA) is 75.4 Å². The van der Waals surface area contributed by atoms with E-state index in [1.165, 1.54) is 0 Å². The van der Waals surface area contributed by atoms with Crippen LogP contribution in [0.1, 0.15) is 19.3 Å². The first kappa shape index (κ1) is 21.1. The second kappa shape index (κ2) is 10.2. The highest BCUT2D eigenvalue weighted by atomic mass is 16.2. The van der Waals surface area contributed by atoms with E-state index < -0.39 is 0 Å². The van der Waals surface area contributed by atoms with Crippen molar-refractivity contribution in [3.8, 4) is 0 Å². The summed E-state index contributed by atoms with van der Waals surface area (Å²) < 4.78 is 0. The Morgan fingerprint density at radius 2 is 1.06 bits per heavy atom. The maximum Gasteiger partial charge on any atom is 0.274 e. The highest BCUT2D eigenvalue weighted by Crippen LogP contribution is 2.14. The van der Waals surface area contributed by atoms with Crippen molar-refractivity contribution >= 4 is 23.5 Å². The van der Waals surface area contributed by atoms with E-state index in [9.17, 15) is 9.59 Å². The Bertz CT molecular complexity index is 775. The molecule has 2 aromatic heterocycles. The molecule has 8 nitrogen and oxygen atoms in total. The SMILES string of the molecule is O=C(CCCC(=O)N1CCN(c2cccc[nH+]2)CC1)N1CCN(c2cccc[nH+]2)CC1. The zero-order valence-corrected chi connectivity index (χ0v) is 18.0. The number of aromatic amines is 2. The van der Waals surface area contributed by atoms with Crippen LogP contribution in [0.3, 0.4) is 0 Å². The predicted octanol–water partition coefficient (Wildman–Crippen LogP) is 0.483. The van der Waals surface area contributed by atoms with Crippen molar-refractivity contribution in [2.45, 2.75) is 19.3 Å². The summed E-state index contributed by atoms with van der Waals surface area (Å²) in [6, 6.07) is 12.1. The number of H-pyrrole nitrogens is 2. The van der Waals surface area contributed by atoms with Crippen LogP contribution >= 0.6 is 0 Å². The Morgan fingerprint density at radius 3 is 1.42 bits per heavy atom. The smallest absolute Gasteiger partial charge is 0.274 e. The molecule has 4 heterocycles. The molecule has 2 aliphatic rings. The average Bonchev–Trinajstić information content (AvgIpc) is 2.85. The molecule has 2 N–H and O–H groups in total. The summed E-state index contributed by atoms with van der Waals surface area (Å²) >= 11 is 0. The number of hydrogen-bond acceptors (Lipinski definition) is 4. The predicted molar refractivity (Wildman–Crippen MR) is 117 cm³/mol. The van der Waals surface area contributed by atoms with E-state index in [1.54, 1.807) is 0 Å². The van der Waals surface area contributed by atoms with Crippen LogP contribution in [-0.2, 0) is 9.59 Å². The van der Waals surface area contributed by atoms with Crippen LogP contribution < -0.4 is 19.8 Å². The molecule has 2 saturated heterocycles. The Kier molecular flexibility index (Phi) is 6.96. The molecule has 2 aliphatic heterocycles. The van der Waals surface area contributed by atoms with Crippen LogP contribution in [0.4, 0.5) is 11.6 Å². The molecular weight excluding hydrogens is 392 g/mol. The van der Waals surface area contributed by atoms with Gasteiger partial charge in [0, 0.05) is 25.0 Å². The van der Waals surface area contributed by atoms with Crippen molar-refractivity contribution in [2.24, 2.45) is 0 Å². The lowest BCUT2D eigenvalue weighted by Gasteiger charge is -2.32. The molecule has 8 heteroatoms. The summed E-state index contributed by atoms with van der Waals surface area (Å²) in [6.07, 6.45) is 5.36. The van der Waals surface area contributed by atoms with Crippen molar-refractivity contribution in [2.75, 3.05) is 62.2 Å². The van der Waals surface area contributed by atoms with Crippen LogP contribution in [0.15, 0.2) is 48.8 Å². The number of pyridine rings is 2. The lowest BCUT2D eigenvalue weighted by Crippen LogP contribution is -2.50. The molecule has 0 bridgehead atoms. The van der Waals surface area contributed by atoms with Crippen molar-refractivity contribution in [3.05, 3.63) is 48.8 Å². The first-order chi connectivity index (χ1) is 15.2. The molecule has 31 heavy (non-hydrogen) atoms. The molecule has 2 aromatic rings. The quantitative estimate of drug-likeness (QED) is 0.676. The van der Waals surface area contributed by atoms with Gasteiger partial charge in [-0.2, -0.15) is 0 Å². The molecule has 0 spiro atoms. The number of hydrogen-bond donors (Lipinski definition) is 0. The second-order valence-corrected chi connectivity index (χ2v) is 8.08. The molecule has 0 atom stereocenters. The number of rotatable bonds is 6. The van der Waals surface area contributed by atoms with Gasteiger partial charge in [0.25, 0.3) is 11.6 Å². The fourth-order valence-corrected chi connectivity index (χ4v) is 4.26. The van der Waals surface area contributed by atoms with E-state index in [0.717, 1.165) is 64.0 Å². The average molecular weight is 425 g/mol. The second-order valence-electron chi connectivity index (χ2n) is 8.08. The molecule has 164 valence electrons. The molecule has 2 amide bonds. The molecule has 0 aliphatic carbocycles. The number of aromatic nitrogens is 2. The zero-order chi connectivity index (χ0) is 21.5. The van der Waals surface area contributed by atoms with Crippen molar-refractivity contribution in [1.29, 1.82) is 0 Å². The van der Waals surface area contributed by atoms with Gasteiger partial charge in [-0.15, -0.1) is 0 Å². The van der Waals surface area contributed by atoms with Gasteiger partial charge in [-0.25, -0.2) is 9.97 Å². The highest BCUT2D eigenvalue weighted by molar-refractivity contribution is 5.79. The number of nitrogens with one attached hydrogen (secondary N) is 2. The lowest BCUT2D eigenvalue weighted by atomic mass is 10.1. The minimum Gasteiger partial charge on any atom is -0.335 e. The fraction of sp³-hybridized carbons (Fsp3) is 0.478. The normalized spacial score (nSPS) is 17.0. The van der Waals surface area contributed by atoms with E-state index in [2.05, 4.69) is 31.9 Å². The molecular formula is C23H32N6O2+2. The van der Waals surface area contributed by atoms with Crippen molar-refractivity contribution < 1.29 is 19.6 Å². The largest absolute Gasteiger partial charge is 0.335 e. The number of carbonyl (C=O) groups is 2. The molecule has 4 rings (SSSR count). The molecule has 0 aromatic carbocycles. The van der Waals surface area contributed by atoms with E-state index in [4.69, 9.17) is 0 Å². The van der Waals surface area contributed by atoms with E-state index >= 15 is 0 Å². The Labute approximate surface area is 183 Å².